The lowest BCUT2D eigenvalue weighted by molar-refractivity contribution is -0.173. The standard InChI is InChI=1S/C21H20F4N4OS/c1-31-17-5-3-2-4-15(17)28-20(30)14-11-26-29-18(21(23,24)25)10-16(27-19(14)29)12-6-8-13(22)9-7-12/h2-9,11,16,18,20,27-28,30H,10H2,1H3/t16-,18+,20+/m0/s1. The van der Waals surface area contributed by atoms with Crippen LogP contribution in [0.5, 0.6) is 0 Å². The Morgan fingerprint density at radius 2 is 1.90 bits per heavy atom. The number of rotatable bonds is 5. The number of aliphatic hydroxyl groups excluding tert-OH is 1. The minimum Gasteiger partial charge on any atom is -0.369 e. The summed E-state index contributed by atoms with van der Waals surface area (Å²) in [6.45, 7) is 0. The minimum atomic E-state index is -4.54. The average molecular weight is 452 g/mol. The summed E-state index contributed by atoms with van der Waals surface area (Å²) in [6.07, 6.45) is -3.01. The fourth-order valence-corrected chi connectivity index (χ4v) is 4.25. The van der Waals surface area contributed by atoms with Crippen LogP contribution in [0.25, 0.3) is 0 Å². The maximum absolute atomic E-state index is 13.8. The van der Waals surface area contributed by atoms with Crippen LogP contribution in [0.15, 0.2) is 59.6 Å². The van der Waals surface area contributed by atoms with Crippen LogP contribution in [0.3, 0.4) is 0 Å². The van der Waals surface area contributed by atoms with E-state index in [1.807, 2.05) is 18.4 Å². The van der Waals surface area contributed by atoms with Gasteiger partial charge in [-0.15, -0.1) is 11.8 Å². The van der Waals surface area contributed by atoms with Crippen molar-refractivity contribution in [1.29, 1.82) is 0 Å². The Kier molecular flexibility index (Phi) is 5.85. The quantitative estimate of drug-likeness (QED) is 0.271. The highest BCUT2D eigenvalue weighted by Gasteiger charge is 2.47. The molecule has 2 heterocycles. The van der Waals surface area contributed by atoms with Gasteiger partial charge >= 0.3 is 6.18 Å². The second kappa shape index (κ2) is 8.43. The van der Waals surface area contributed by atoms with Crippen LogP contribution in [0.1, 0.15) is 35.9 Å². The molecule has 0 aliphatic carbocycles. The molecule has 1 aliphatic rings. The summed E-state index contributed by atoms with van der Waals surface area (Å²) in [5, 5.41) is 20.7. The molecule has 1 aliphatic heterocycles. The number of aromatic nitrogens is 2. The molecule has 31 heavy (non-hydrogen) atoms. The van der Waals surface area contributed by atoms with Crippen LogP contribution in [0, 0.1) is 5.82 Å². The molecule has 0 bridgehead atoms. The minimum absolute atomic E-state index is 0.0736. The molecule has 1 aromatic heterocycles. The Labute approximate surface area is 180 Å². The number of nitrogens with one attached hydrogen (secondary N) is 2. The van der Waals surface area contributed by atoms with Gasteiger partial charge in [0.25, 0.3) is 0 Å². The SMILES string of the molecule is CSc1ccccc1N[C@H](O)c1cnn2c1N[C@H](c1ccc(F)cc1)C[C@@H]2C(F)(F)F. The number of anilines is 2. The molecule has 0 saturated heterocycles. The Morgan fingerprint density at radius 1 is 1.19 bits per heavy atom. The number of para-hydroxylation sites is 1. The molecule has 5 nitrogen and oxygen atoms in total. The molecule has 0 fully saturated rings. The van der Waals surface area contributed by atoms with Gasteiger partial charge in [-0.25, -0.2) is 9.07 Å². The number of hydrogen-bond acceptors (Lipinski definition) is 5. The fraction of sp³-hybridized carbons (Fsp3) is 0.286. The predicted molar refractivity (Wildman–Crippen MR) is 112 cm³/mol. The molecule has 10 heteroatoms. The Balaban J connectivity index is 1.68. The number of fused-ring (bicyclic) bond motifs is 1. The first-order chi connectivity index (χ1) is 14.8. The number of nitrogens with zero attached hydrogens (tertiary/aromatic N) is 2. The van der Waals surface area contributed by atoms with Crippen molar-refractivity contribution in [3.63, 3.8) is 0 Å². The van der Waals surface area contributed by atoms with Crippen molar-refractivity contribution in [2.24, 2.45) is 0 Å². The first-order valence-corrected chi connectivity index (χ1v) is 10.7. The van der Waals surface area contributed by atoms with Gasteiger partial charge in [-0.3, -0.25) is 0 Å². The number of alkyl halides is 3. The van der Waals surface area contributed by atoms with Crippen molar-refractivity contribution in [3.8, 4) is 0 Å². The number of hydrogen-bond donors (Lipinski definition) is 3. The molecule has 4 rings (SSSR count). The number of halogens is 4. The van der Waals surface area contributed by atoms with E-state index in [4.69, 9.17) is 0 Å². The second-order valence-corrected chi connectivity index (χ2v) is 8.03. The van der Waals surface area contributed by atoms with E-state index in [-0.39, 0.29) is 17.8 Å². The second-order valence-electron chi connectivity index (χ2n) is 7.18. The van der Waals surface area contributed by atoms with E-state index in [2.05, 4.69) is 15.7 Å². The van der Waals surface area contributed by atoms with E-state index in [1.54, 1.807) is 12.1 Å². The largest absolute Gasteiger partial charge is 0.410 e. The van der Waals surface area contributed by atoms with E-state index >= 15 is 0 Å². The average Bonchev–Trinajstić information content (AvgIpc) is 3.17. The monoisotopic (exact) mass is 452 g/mol. The van der Waals surface area contributed by atoms with Crippen molar-refractivity contribution in [1.82, 2.24) is 9.78 Å². The van der Waals surface area contributed by atoms with Crippen LogP contribution >= 0.6 is 11.8 Å². The molecule has 0 saturated carbocycles. The summed E-state index contributed by atoms with van der Waals surface area (Å²) in [4.78, 5) is 0.882. The van der Waals surface area contributed by atoms with Crippen LogP contribution in [0.4, 0.5) is 29.1 Å². The normalized spacial score (nSPS) is 19.4. The first-order valence-electron chi connectivity index (χ1n) is 9.51. The molecule has 3 N–H and O–H groups in total. The number of benzene rings is 2. The molecule has 0 spiro atoms. The number of aliphatic hydroxyl groups is 1. The summed E-state index contributed by atoms with van der Waals surface area (Å²) < 4.78 is 55.6. The molecule has 2 aromatic carbocycles. The van der Waals surface area contributed by atoms with Gasteiger partial charge in [0.2, 0.25) is 0 Å². The van der Waals surface area contributed by atoms with Crippen LogP contribution in [-0.2, 0) is 0 Å². The van der Waals surface area contributed by atoms with Crippen molar-refractivity contribution < 1.29 is 22.7 Å². The van der Waals surface area contributed by atoms with Crippen LogP contribution < -0.4 is 10.6 Å². The summed E-state index contributed by atoms with van der Waals surface area (Å²) >= 11 is 1.48. The van der Waals surface area contributed by atoms with Gasteiger partial charge in [0.05, 0.1) is 23.5 Å². The molecular weight excluding hydrogens is 432 g/mol. The van der Waals surface area contributed by atoms with E-state index in [9.17, 15) is 22.7 Å². The molecule has 3 atom stereocenters. The summed E-state index contributed by atoms with van der Waals surface area (Å²) in [5.74, 6) is -0.394. The lowest BCUT2D eigenvalue weighted by Crippen LogP contribution is -2.36. The Hall–Kier alpha value is -2.72. The fourth-order valence-electron chi connectivity index (χ4n) is 3.68. The zero-order valence-corrected chi connectivity index (χ0v) is 17.2. The summed E-state index contributed by atoms with van der Waals surface area (Å²) in [5.41, 5.74) is 1.36. The number of thioether (sulfide) groups is 1. The van der Waals surface area contributed by atoms with E-state index in [0.717, 1.165) is 9.58 Å². The van der Waals surface area contributed by atoms with Crippen molar-refractivity contribution in [2.45, 2.75) is 35.8 Å². The molecule has 3 aromatic rings. The molecule has 164 valence electrons. The first kappa shape index (κ1) is 21.5. The predicted octanol–water partition coefficient (Wildman–Crippen LogP) is 5.51. The van der Waals surface area contributed by atoms with Crippen LogP contribution in [-0.4, -0.2) is 27.3 Å². The molecular formula is C21H20F4N4OS. The van der Waals surface area contributed by atoms with Crippen molar-refractivity contribution in [2.75, 3.05) is 16.9 Å². The van der Waals surface area contributed by atoms with Gasteiger partial charge in [0, 0.05) is 11.3 Å². The van der Waals surface area contributed by atoms with Crippen molar-refractivity contribution >= 4 is 23.3 Å². The maximum Gasteiger partial charge on any atom is 0.410 e. The Bertz CT molecular complexity index is 1050. The molecule has 0 unspecified atom stereocenters. The van der Waals surface area contributed by atoms with Crippen LogP contribution in [0.2, 0.25) is 0 Å². The highest BCUT2D eigenvalue weighted by molar-refractivity contribution is 7.98. The van der Waals surface area contributed by atoms with Gasteiger partial charge in [-0.1, -0.05) is 24.3 Å². The zero-order chi connectivity index (χ0) is 22.2. The summed E-state index contributed by atoms with van der Waals surface area (Å²) in [7, 11) is 0. The highest BCUT2D eigenvalue weighted by atomic mass is 32.2. The van der Waals surface area contributed by atoms with Gasteiger partial charge < -0.3 is 15.7 Å². The van der Waals surface area contributed by atoms with E-state index in [1.165, 1.54) is 42.2 Å². The van der Waals surface area contributed by atoms with Gasteiger partial charge in [0.15, 0.2) is 12.3 Å². The van der Waals surface area contributed by atoms with Gasteiger partial charge in [-0.2, -0.15) is 18.3 Å². The third-order valence-corrected chi connectivity index (χ3v) is 6.03. The highest BCUT2D eigenvalue weighted by Crippen LogP contribution is 2.45. The van der Waals surface area contributed by atoms with Gasteiger partial charge in [0.1, 0.15) is 11.6 Å². The Morgan fingerprint density at radius 3 is 2.58 bits per heavy atom. The topological polar surface area (TPSA) is 62.1 Å². The van der Waals surface area contributed by atoms with Gasteiger partial charge in [-0.05, 0) is 36.1 Å². The third kappa shape index (κ3) is 4.35. The lowest BCUT2D eigenvalue weighted by atomic mass is 9.96. The van der Waals surface area contributed by atoms with E-state index in [0.29, 0.717) is 11.3 Å². The molecule has 0 amide bonds. The van der Waals surface area contributed by atoms with Crippen molar-refractivity contribution in [3.05, 3.63) is 71.7 Å². The third-order valence-electron chi connectivity index (χ3n) is 5.23. The van der Waals surface area contributed by atoms with E-state index < -0.39 is 30.3 Å². The summed E-state index contributed by atoms with van der Waals surface area (Å²) in [6, 6.07) is 10.0. The smallest absolute Gasteiger partial charge is 0.369 e. The lowest BCUT2D eigenvalue weighted by Gasteiger charge is -2.34. The molecule has 0 radical (unpaired) electrons. The maximum atomic E-state index is 13.8. The zero-order valence-electron chi connectivity index (χ0n) is 16.4.